The van der Waals surface area contributed by atoms with E-state index < -0.39 is 0 Å². The van der Waals surface area contributed by atoms with Gasteiger partial charge in [0.15, 0.2) is 5.78 Å². The van der Waals surface area contributed by atoms with Crippen molar-refractivity contribution in [2.75, 3.05) is 5.32 Å². The summed E-state index contributed by atoms with van der Waals surface area (Å²) in [4.78, 5) is 22.1. The predicted molar refractivity (Wildman–Crippen MR) is 55.4 cm³/mol. The number of hydrogen-bond acceptors (Lipinski definition) is 2. The Morgan fingerprint density at radius 1 is 1.36 bits per heavy atom. The van der Waals surface area contributed by atoms with E-state index in [1.807, 2.05) is 0 Å². The average Bonchev–Trinajstić information content (AvgIpc) is 2.18. The number of carbonyl (C=O) groups excluding carboxylic acids is 2. The summed E-state index contributed by atoms with van der Waals surface area (Å²) in [5.74, 6) is -0.0525. The molecule has 1 N–H and O–H groups in total. The normalized spacial score (nSPS) is 9.57. The van der Waals surface area contributed by atoms with Gasteiger partial charge in [-0.25, -0.2) is 0 Å². The standard InChI is InChI=1S/C11H13NO2/c1-3-11(14)12-10-6-4-5-9(7-10)8(2)13/h4-7H,3H2,1-2H3,(H,12,14). The van der Waals surface area contributed by atoms with Crippen LogP contribution in [0.5, 0.6) is 0 Å². The van der Waals surface area contributed by atoms with Crippen LogP contribution in [-0.2, 0) is 4.79 Å². The van der Waals surface area contributed by atoms with Gasteiger partial charge in [0.05, 0.1) is 0 Å². The molecule has 0 atom stereocenters. The van der Waals surface area contributed by atoms with E-state index in [0.717, 1.165) is 0 Å². The van der Waals surface area contributed by atoms with Crippen molar-refractivity contribution in [2.45, 2.75) is 20.3 Å². The van der Waals surface area contributed by atoms with E-state index in [0.29, 0.717) is 17.7 Å². The Balaban J connectivity index is 2.83. The Labute approximate surface area is 83.1 Å². The van der Waals surface area contributed by atoms with Crippen LogP contribution in [0, 0.1) is 0 Å². The highest BCUT2D eigenvalue weighted by Gasteiger charge is 2.02. The fourth-order valence-corrected chi connectivity index (χ4v) is 1.07. The largest absolute Gasteiger partial charge is 0.326 e. The van der Waals surface area contributed by atoms with Crippen LogP contribution in [0.1, 0.15) is 30.6 Å². The zero-order valence-electron chi connectivity index (χ0n) is 8.33. The number of carbonyl (C=O) groups is 2. The van der Waals surface area contributed by atoms with Crippen molar-refractivity contribution in [3.05, 3.63) is 29.8 Å². The van der Waals surface area contributed by atoms with Crippen LogP contribution in [0.2, 0.25) is 0 Å². The Kier molecular flexibility index (Phi) is 3.40. The molecule has 0 saturated carbocycles. The van der Waals surface area contributed by atoms with Gasteiger partial charge in [0.1, 0.15) is 0 Å². The minimum atomic E-state index is -0.0503. The number of rotatable bonds is 3. The molecule has 0 aromatic heterocycles. The third-order valence-corrected chi connectivity index (χ3v) is 1.87. The molecule has 0 unspecified atom stereocenters. The summed E-state index contributed by atoms with van der Waals surface area (Å²) in [6.07, 6.45) is 0.435. The van der Waals surface area contributed by atoms with Crippen molar-refractivity contribution < 1.29 is 9.59 Å². The van der Waals surface area contributed by atoms with Crippen LogP contribution in [0.4, 0.5) is 5.69 Å². The first-order valence-electron chi connectivity index (χ1n) is 4.54. The summed E-state index contributed by atoms with van der Waals surface area (Å²) in [6, 6.07) is 6.92. The maximum absolute atomic E-state index is 11.1. The molecule has 3 nitrogen and oxygen atoms in total. The molecule has 0 fully saturated rings. The maximum atomic E-state index is 11.1. The topological polar surface area (TPSA) is 46.2 Å². The summed E-state index contributed by atoms with van der Waals surface area (Å²) in [5, 5.41) is 2.70. The Morgan fingerprint density at radius 3 is 2.64 bits per heavy atom. The minimum absolute atomic E-state index is 0.00222. The molecule has 14 heavy (non-hydrogen) atoms. The van der Waals surface area contributed by atoms with Gasteiger partial charge < -0.3 is 5.32 Å². The zero-order chi connectivity index (χ0) is 10.6. The lowest BCUT2D eigenvalue weighted by Crippen LogP contribution is -2.09. The summed E-state index contributed by atoms with van der Waals surface area (Å²) < 4.78 is 0. The molecule has 0 bridgehead atoms. The lowest BCUT2D eigenvalue weighted by atomic mass is 10.1. The van der Waals surface area contributed by atoms with Crippen molar-refractivity contribution in [1.82, 2.24) is 0 Å². The van der Waals surface area contributed by atoms with Gasteiger partial charge in [-0.05, 0) is 19.1 Å². The summed E-state index contributed by atoms with van der Waals surface area (Å²) >= 11 is 0. The molecule has 74 valence electrons. The van der Waals surface area contributed by atoms with Gasteiger partial charge in [0.2, 0.25) is 5.91 Å². The Morgan fingerprint density at radius 2 is 2.07 bits per heavy atom. The average molecular weight is 191 g/mol. The summed E-state index contributed by atoms with van der Waals surface area (Å²) in [5.41, 5.74) is 1.28. The molecule has 1 rings (SSSR count). The third-order valence-electron chi connectivity index (χ3n) is 1.87. The van der Waals surface area contributed by atoms with E-state index in [1.165, 1.54) is 6.92 Å². The highest BCUT2D eigenvalue weighted by atomic mass is 16.1. The molecule has 0 aliphatic rings. The van der Waals surface area contributed by atoms with Gasteiger partial charge in [-0.3, -0.25) is 9.59 Å². The van der Waals surface area contributed by atoms with Crippen molar-refractivity contribution in [3.63, 3.8) is 0 Å². The van der Waals surface area contributed by atoms with Crippen molar-refractivity contribution >= 4 is 17.4 Å². The first-order chi connectivity index (χ1) is 6.63. The number of benzene rings is 1. The molecule has 1 aromatic rings. The van der Waals surface area contributed by atoms with Gasteiger partial charge in [0, 0.05) is 17.7 Å². The molecule has 0 radical (unpaired) electrons. The van der Waals surface area contributed by atoms with E-state index in [2.05, 4.69) is 5.32 Å². The number of ketones is 1. The van der Waals surface area contributed by atoms with Crippen LogP contribution in [0.25, 0.3) is 0 Å². The first-order valence-corrected chi connectivity index (χ1v) is 4.54. The fraction of sp³-hybridized carbons (Fsp3) is 0.273. The van der Waals surface area contributed by atoms with E-state index in [-0.39, 0.29) is 11.7 Å². The van der Waals surface area contributed by atoms with Crippen molar-refractivity contribution in [1.29, 1.82) is 0 Å². The van der Waals surface area contributed by atoms with Crippen molar-refractivity contribution in [3.8, 4) is 0 Å². The van der Waals surface area contributed by atoms with E-state index in [1.54, 1.807) is 31.2 Å². The lowest BCUT2D eigenvalue weighted by molar-refractivity contribution is -0.115. The van der Waals surface area contributed by atoms with Crippen LogP contribution >= 0.6 is 0 Å². The molecule has 0 saturated heterocycles. The summed E-state index contributed by atoms with van der Waals surface area (Å²) in [6.45, 7) is 3.28. The molecule has 0 spiro atoms. The molecule has 3 heteroatoms. The van der Waals surface area contributed by atoms with Crippen LogP contribution < -0.4 is 5.32 Å². The predicted octanol–water partition coefficient (Wildman–Crippen LogP) is 2.24. The van der Waals surface area contributed by atoms with Gasteiger partial charge in [0.25, 0.3) is 0 Å². The first kappa shape index (κ1) is 10.4. The SMILES string of the molecule is CCC(=O)Nc1cccc(C(C)=O)c1. The van der Waals surface area contributed by atoms with Crippen molar-refractivity contribution in [2.24, 2.45) is 0 Å². The van der Waals surface area contributed by atoms with Gasteiger partial charge in [-0.2, -0.15) is 0 Å². The summed E-state index contributed by atoms with van der Waals surface area (Å²) in [7, 11) is 0. The van der Waals surface area contributed by atoms with E-state index in [4.69, 9.17) is 0 Å². The van der Waals surface area contributed by atoms with E-state index >= 15 is 0 Å². The molecular weight excluding hydrogens is 178 g/mol. The van der Waals surface area contributed by atoms with Crippen LogP contribution in [-0.4, -0.2) is 11.7 Å². The second-order valence-electron chi connectivity index (χ2n) is 3.04. The number of nitrogens with one attached hydrogen (secondary N) is 1. The monoisotopic (exact) mass is 191 g/mol. The van der Waals surface area contributed by atoms with Gasteiger partial charge in [-0.15, -0.1) is 0 Å². The number of anilines is 1. The zero-order valence-corrected chi connectivity index (χ0v) is 8.33. The Bertz CT molecular complexity index is 358. The second-order valence-corrected chi connectivity index (χ2v) is 3.04. The number of amides is 1. The van der Waals surface area contributed by atoms with Gasteiger partial charge in [-0.1, -0.05) is 19.1 Å². The Hall–Kier alpha value is -1.64. The van der Waals surface area contributed by atoms with Crippen LogP contribution in [0.3, 0.4) is 0 Å². The van der Waals surface area contributed by atoms with Gasteiger partial charge >= 0.3 is 0 Å². The lowest BCUT2D eigenvalue weighted by Gasteiger charge is -2.04. The molecule has 1 aromatic carbocycles. The molecule has 1 amide bonds. The smallest absolute Gasteiger partial charge is 0.224 e. The quantitative estimate of drug-likeness (QED) is 0.745. The second kappa shape index (κ2) is 4.56. The third kappa shape index (κ3) is 2.69. The number of Topliss-reactive ketones (excluding diaryl/α,β-unsaturated/α-hetero) is 1. The molecule has 0 heterocycles. The molecule has 0 aliphatic heterocycles. The molecule has 0 aliphatic carbocycles. The fourth-order valence-electron chi connectivity index (χ4n) is 1.07. The molecular formula is C11H13NO2. The highest BCUT2D eigenvalue weighted by molar-refractivity contribution is 5.96. The maximum Gasteiger partial charge on any atom is 0.224 e. The highest BCUT2D eigenvalue weighted by Crippen LogP contribution is 2.11. The van der Waals surface area contributed by atoms with Crippen LogP contribution in [0.15, 0.2) is 24.3 Å². The minimum Gasteiger partial charge on any atom is -0.326 e. The number of hydrogen-bond donors (Lipinski definition) is 1. The van der Waals surface area contributed by atoms with E-state index in [9.17, 15) is 9.59 Å².